The minimum Gasteiger partial charge on any atom is -0.394 e. The van der Waals surface area contributed by atoms with Crippen LogP contribution in [0.25, 0.3) is 5.69 Å². The number of nitrogens with zero attached hydrogens (tertiary/aromatic N) is 4. The van der Waals surface area contributed by atoms with Crippen LogP contribution in [0.1, 0.15) is 30.1 Å². The molecule has 0 aliphatic rings. The molecule has 2 aromatic carbocycles. The number of benzene rings is 2. The Morgan fingerprint density at radius 3 is 2.39 bits per heavy atom. The third-order valence-electron chi connectivity index (χ3n) is 3.84. The standard InChI is InChI=1S/C17H19N5O/c1-13(19-17(11-23)15-5-3-2-4-6-15)14-7-9-16(10-8-14)22-12-18-20-21-22/h2-10,12-13,17,19,23H,11H2,1H3/t13?,17-/m1/s1. The summed E-state index contributed by atoms with van der Waals surface area (Å²) < 4.78 is 1.61. The lowest BCUT2D eigenvalue weighted by molar-refractivity contribution is 0.235. The van der Waals surface area contributed by atoms with Gasteiger partial charge < -0.3 is 10.4 Å². The van der Waals surface area contributed by atoms with Crippen molar-refractivity contribution in [1.29, 1.82) is 0 Å². The monoisotopic (exact) mass is 309 g/mol. The van der Waals surface area contributed by atoms with Gasteiger partial charge in [0.2, 0.25) is 0 Å². The van der Waals surface area contributed by atoms with Gasteiger partial charge in [-0.3, -0.25) is 0 Å². The van der Waals surface area contributed by atoms with E-state index in [1.807, 2.05) is 54.6 Å². The van der Waals surface area contributed by atoms with Crippen molar-refractivity contribution in [3.63, 3.8) is 0 Å². The lowest BCUT2D eigenvalue weighted by Crippen LogP contribution is -2.27. The van der Waals surface area contributed by atoms with Gasteiger partial charge in [-0.1, -0.05) is 42.5 Å². The van der Waals surface area contributed by atoms with Crippen LogP contribution < -0.4 is 5.32 Å². The Bertz CT molecular complexity index is 713. The lowest BCUT2D eigenvalue weighted by atomic mass is 10.0. The molecule has 0 radical (unpaired) electrons. The molecule has 0 spiro atoms. The van der Waals surface area contributed by atoms with Crippen molar-refractivity contribution in [2.24, 2.45) is 0 Å². The lowest BCUT2D eigenvalue weighted by Gasteiger charge is -2.22. The van der Waals surface area contributed by atoms with Crippen LogP contribution in [-0.4, -0.2) is 31.9 Å². The van der Waals surface area contributed by atoms with E-state index in [1.54, 1.807) is 11.0 Å². The van der Waals surface area contributed by atoms with Crippen molar-refractivity contribution < 1.29 is 5.11 Å². The van der Waals surface area contributed by atoms with Gasteiger partial charge in [-0.2, -0.15) is 0 Å². The first kappa shape index (κ1) is 15.3. The first-order valence-electron chi connectivity index (χ1n) is 7.53. The average molecular weight is 309 g/mol. The Labute approximate surface area is 134 Å². The summed E-state index contributed by atoms with van der Waals surface area (Å²) in [6.07, 6.45) is 1.56. The quantitative estimate of drug-likeness (QED) is 0.729. The van der Waals surface area contributed by atoms with Gasteiger partial charge in [0, 0.05) is 6.04 Å². The van der Waals surface area contributed by atoms with E-state index in [0.717, 1.165) is 16.8 Å². The number of hydrogen-bond acceptors (Lipinski definition) is 5. The number of nitrogens with one attached hydrogen (secondary N) is 1. The summed E-state index contributed by atoms with van der Waals surface area (Å²) in [4.78, 5) is 0. The maximum absolute atomic E-state index is 9.66. The highest BCUT2D eigenvalue weighted by Crippen LogP contribution is 2.20. The van der Waals surface area contributed by atoms with Crippen molar-refractivity contribution in [3.8, 4) is 5.69 Å². The van der Waals surface area contributed by atoms with Crippen molar-refractivity contribution >= 4 is 0 Å². The minimum atomic E-state index is -0.0922. The van der Waals surface area contributed by atoms with Gasteiger partial charge in [-0.15, -0.1) is 5.10 Å². The van der Waals surface area contributed by atoms with Gasteiger partial charge >= 0.3 is 0 Å². The maximum atomic E-state index is 9.66. The molecule has 1 aromatic heterocycles. The van der Waals surface area contributed by atoms with E-state index in [0.29, 0.717) is 0 Å². The van der Waals surface area contributed by atoms with Gasteiger partial charge in [-0.05, 0) is 40.6 Å². The predicted octanol–water partition coefficient (Wildman–Crippen LogP) is 2.05. The average Bonchev–Trinajstić information content (AvgIpc) is 3.15. The molecule has 6 heteroatoms. The molecule has 0 amide bonds. The Hall–Kier alpha value is -2.57. The van der Waals surface area contributed by atoms with E-state index < -0.39 is 0 Å². The molecule has 2 atom stereocenters. The summed E-state index contributed by atoms with van der Waals surface area (Å²) in [6.45, 7) is 2.13. The minimum absolute atomic E-state index is 0.0526. The molecule has 1 heterocycles. The summed E-state index contributed by atoms with van der Waals surface area (Å²) in [5, 5.41) is 24.2. The number of rotatable bonds is 6. The molecule has 3 rings (SSSR count). The van der Waals surface area contributed by atoms with Gasteiger partial charge in [0.1, 0.15) is 6.33 Å². The number of aliphatic hydroxyl groups excluding tert-OH is 1. The van der Waals surface area contributed by atoms with E-state index in [1.165, 1.54) is 0 Å². The summed E-state index contributed by atoms with van der Waals surface area (Å²) in [5.74, 6) is 0. The molecule has 23 heavy (non-hydrogen) atoms. The van der Waals surface area contributed by atoms with Crippen LogP contribution in [0.4, 0.5) is 0 Å². The van der Waals surface area contributed by atoms with E-state index in [9.17, 15) is 5.11 Å². The topological polar surface area (TPSA) is 75.9 Å². The zero-order valence-corrected chi connectivity index (χ0v) is 12.9. The molecule has 2 N–H and O–H groups in total. The van der Waals surface area contributed by atoms with E-state index in [4.69, 9.17) is 0 Å². The van der Waals surface area contributed by atoms with E-state index >= 15 is 0 Å². The molecular formula is C17H19N5O. The van der Waals surface area contributed by atoms with Gasteiger partial charge in [0.05, 0.1) is 18.3 Å². The molecule has 1 unspecified atom stereocenters. The van der Waals surface area contributed by atoms with E-state index in [2.05, 4.69) is 27.8 Å². The second-order valence-corrected chi connectivity index (χ2v) is 5.38. The van der Waals surface area contributed by atoms with Crippen LogP contribution in [0.5, 0.6) is 0 Å². The highest BCUT2D eigenvalue weighted by Gasteiger charge is 2.14. The van der Waals surface area contributed by atoms with Crippen LogP contribution in [0.2, 0.25) is 0 Å². The second kappa shape index (κ2) is 7.13. The summed E-state index contributed by atoms with van der Waals surface area (Å²) in [5.41, 5.74) is 3.12. The predicted molar refractivity (Wildman–Crippen MR) is 87.0 cm³/mol. The smallest absolute Gasteiger partial charge is 0.143 e. The first-order chi connectivity index (χ1) is 11.3. The molecule has 0 fully saturated rings. The van der Waals surface area contributed by atoms with Crippen molar-refractivity contribution in [3.05, 3.63) is 72.1 Å². The van der Waals surface area contributed by atoms with Crippen LogP contribution in [0.3, 0.4) is 0 Å². The highest BCUT2D eigenvalue weighted by atomic mass is 16.3. The largest absolute Gasteiger partial charge is 0.394 e. The molecular weight excluding hydrogens is 290 g/mol. The summed E-state index contributed by atoms with van der Waals surface area (Å²) in [7, 11) is 0. The fraction of sp³-hybridized carbons (Fsp3) is 0.235. The number of aromatic nitrogens is 4. The molecule has 6 nitrogen and oxygen atoms in total. The summed E-state index contributed by atoms with van der Waals surface area (Å²) >= 11 is 0. The molecule has 3 aromatic rings. The molecule has 0 saturated carbocycles. The Balaban J connectivity index is 1.71. The number of aliphatic hydroxyl groups is 1. The molecule has 0 aliphatic carbocycles. The number of hydrogen-bond donors (Lipinski definition) is 2. The Morgan fingerprint density at radius 2 is 1.78 bits per heavy atom. The van der Waals surface area contributed by atoms with Gasteiger partial charge in [0.15, 0.2) is 0 Å². The van der Waals surface area contributed by atoms with E-state index in [-0.39, 0.29) is 18.7 Å². The molecule has 118 valence electrons. The zero-order valence-electron chi connectivity index (χ0n) is 12.9. The van der Waals surface area contributed by atoms with Crippen molar-refractivity contribution in [1.82, 2.24) is 25.5 Å². The van der Waals surface area contributed by atoms with Crippen LogP contribution in [-0.2, 0) is 0 Å². The summed E-state index contributed by atoms with van der Waals surface area (Å²) in [6, 6.07) is 18.0. The van der Waals surface area contributed by atoms with Gasteiger partial charge in [0.25, 0.3) is 0 Å². The van der Waals surface area contributed by atoms with Crippen LogP contribution in [0.15, 0.2) is 60.9 Å². The van der Waals surface area contributed by atoms with Gasteiger partial charge in [-0.25, -0.2) is 4.68 Å². The molecule has 0 saturated heterocycles. The molecule has 0 bridgehead atoms. The fourth-order valence-electron chi connectivity index (χ4n) is 2.53. The first-order valence-corrected chi connectivity index (χ1v) is 7.53. The Morgan fingerprint density at radius 1 is 1.04 bits per heavy atom. The van der Waals surface area contributed by atoms with Crippen molar-refractivity contribution in [2.75, 3.05) is 6.61 Å². The SMILES string of the molecule is CC(N[C@H](CO)c1ccccc1)c1ccc(-n2cnnn2)cc1. The third-order valence-corrected chi connectivity index (χ3v) is 3.84. The maximum Gasteiger partial charge on any atom is 0.143 e. The van der Waals surface area contributed by atoms with Crippen LogP contribution in [0, 0.1) is 0 Å². The third kappa shape index (κ3) is 3.61. The normalized spacial score (nSPS) is 13.7. The molecule has 0 aliphatic heterocycles. The van der Waals surface area contributed by atoms with Crippen molar-refractivity contribution in [2.45, 2.75) is 19.0 Å². The van der Waals surface area contributed by atoms with Crippen LogP contribution >= 0.6 is 0 Å². The highest BCUT2D eigenvalue weighted by molar-refractivity contribution is 5.34. The Kier molecular flexibility index (Phi) is 4.75. The number of tetrazole rings is 1. The zero-order chi connectivity index (χ0) is 16.1. The second-order valence-electron chi connectivity index (χ2n) is 5.38. The fourth-order valence-corrected chi connectivity index (χ4v) is 2.53.